The van der Waals surface area contributed by atoms with Crippen LogP contribution in [0.25, 0.3) is 11.3 Å². The summed E-state index contributed by atoms with van der Waals surface area (Å²) in [5, 5.41) is 3.58. The third-order valence-electron chi connectivity index (χ3n) is 4.14. The zero-order valence-corrected chi connectivity index (χ0v) is 16.6. The maximum atomic E-state index is 12.9. The number of halogens is 1. The van der Waals surface area contributed by atoms with Crippen molar-refractivity contribution >= 4 is 23.2 Å². The van der Waals surface area contributed by atoms with Gasteiger partial charge in [-0.3, -0.25) is 4.79 Å². The molecule has 4 nitrogen and oxygen atoms in total. The van der Waals surface area contributed by atoms with E-state index in [-0.39, 0.29) is 11.3 Å². The van der Waals surface area contributed by atoms with Crippen molar-refractivity contribution < 1.29 is 4.79 Å². The minimum absolute atomic E-state index is 0.0534. The first-order valence-corrected chi connectivity index (χ1v) is 9.05. The molecule has 27 heavy (non-hydrogen) atoms. The van der Waals surface area contributed by atoms with Crippen molar-refractivity contribution in [3.63, 3.8) is 0 Å². The number of benzene rings is 2. The second kappa shape index (κ2) is 7.49. The minimum Gasteiger partial charge on any atom is -0.322 e. The SMILES string of the molecule is Cc1ncc(C(=O)Nc2cc[c]c(C(C)(C)C)c2)c(-c2ccc(Cl)cc2)n1. The number of amides is 1. The third kappa shape index (κ3) is 4.52. The van der Waals surface area contributed by atoms with E-state index in [1.54, 1.807) is 25.3 Å². The Labute approximate surface area is 164 Å². The van der Waals surface area contributed by atoms with Crippen molar-refractivity contribution in [2.24, 2.45) is 0 Å². The summed E-state index contributed by atoms with van der Waals surface area (Å²) in [5.41, 5.74) is 3.49. The normalized spacial score (nSPS) is 11.3. The first kappa shape index (κ1) is 19.1. The fourth-order valence-electron chi connectivity index (χ4n) is 2.64. The van der Waals surface area contributed by atoms with Crippen LogP contribution in [0.15, 0.2) is 48.7 Å². The lowest BCUT2D eigenvalue weighted by Crippen LogP contribution is -2.16. The Kier molecular flexibility index (Phi) is 5.29. The molecule has 137 valence electrons. The fraction of sp³-hybridized carbons (Fsp3) is 0.227. The van der Waals surface area contributed by atoms with E-state index in [9.17, 15) is 4.79 Å². The highest BCUT2D eigenvalue weighted by Gasteiger charge is 2.18. The summed E-state index contributed by atoms with van der Waals surface area (Å²) in [6.45, 7) is 8.12. The molecule has 0 saturated carbocycles. The Morgan fingerprint density at radius 1 is 1.15 bits per heavy atom. The van der Waals surface area contributed by atoms with Gasteiger partial charge in [0.2, 0.25) is 0 Å². The first-order valence-electron chi connectivity index (χ1n) is 8.67. The molecule has 0 atom stereocenters. The van der Waals surface area contributed by atoms with Gasteiger partial charge in [-0.15, -0.1) is 0 Å². The van der Waals surface area contributed by atoms with Gasteiger partial charge in [0.05, 0.1) is 11.3 Å². The van der Waals surface area contributed by atoms with Crippen LogP contribution in [0, 0.1) is 13.0 Å². The average molecular weight is 379 g/mol. The molecule has 1 aromatic heterocycles. The molecule has 0 fully saturated rings. The molecule has 0 aliphatic heterocycles. The quantitative estimate of drug-likeness (QED) is 0.658. The summed E-state index contributed by atoms with van der Waals surface area (Å²) in [5.74, 6) is 0.340. The maximum absolute atomic E-state index is 12.9. The van der Waals surface area contributed by atoms with Crippen molar-refractivity contribution in [1.29, 1.82) is 0 Å². The number of carbonyl (C=O) groups is 1. The molecule has 2 aromatic carbocycles. The number of aryl methyl sites for hydroxylation is 1. The molecular weight excluding hydrogens is 358 g/mol. The van der Waals surface area contributed by atoms with Crippen LogP contribution in [0.5, 0.6) is 0 Å². The molecule has 0 aliphatic carbocycles. The Morgan fingerprint density at radius 2 is 1.85 bits per heavy atom. The van der Waals surface area contributed by atoms with Crippen molar-refractivity contribution in [2.75, 3.05) is 5.32 Å². The standard InChI is InChI=1S/C22H21ClN3O/c1-14-24-13-19(20(25-14)15-8-10-17(23)11-9-15)21(27)26-18-7-5-6-16(12-18)22(2,3)4/h5,7-13H,1-4H3,(H,26,27). The molecule has 0 bridgehead atoms. The molecule has 0 saturated heterocycles. The summed E-state index contributed by atoms with van der Waals surface area (Å²) < 4.78 is 0. The lowest BCUT2D eigenvalue weighted by atomic mass is 9.87. The second-order valence-electron chi connectivity index (χ2n) is 7.38. The van der Waals surface area contributed by atoms with E-state index < -0.39 is 0 Å². The van der Waals surface area contributed by atoms with E-state index in [4.69, 9.17) is 11.6 Å². The second-order valence-corrected chi connectivity index (χ2v) is 7.82. The maximum Gasteiger partial charge on any atom is 0.259 e. The first-order chi connectivity index (χ1) is 12.7. The Bertz CT molecular complexity index is 976. The monoisotopic (exact) mass is 378 g/mol. The lowest BCUT2D eigenvalue weighted by molar-refractivity contribution is 0.102. The van der Waals surface area contributed by atoms with Crippen LogP contribution in [0.2, 0.25) is 5.02 Å². The topological polar surface area (TPSA) is 54.9 Å². The number of hydrogen-bond donors (Lipinski definition) is 1. The number of carbonyl (C=O) groups excluding carboxylic acids is 1. The Balaban J connectivity index is 1.95. The summed E-state index contributed by atoms with van der Waals surface area (Å²) in [6.07, 6.45) is 1.56. The largest absolute Gasteiger partial charge is 0.322 e. The number of hydrogen-bond acceptors (Lipinski definition) is 3. The van der Waals surface area contributed by atoms with Crippen molar-refractivity contribution in [2.45, 2.75) is 33.1 Å². The van der Waals surface area contributed by atoms with Crippen LogP contribution >= 0.6 is 11.6 Å². The van der Waals surface area contributed by atoms with E-state index >= 15 is 0 Å². The van der Waals surface area contributed by atoms with Gasteiger partial charge in [0, 0.05) is 22.5 Å². The van der Waals surface area contributed by atoms with E-state index in [1.165, 1.54) is 0 Å². The molecule has 1 heterocycles. The predicted octanol–water partition coefficient (Wildman–Crippen LogP) is 5.46. The zero-order valence-electron chi connectivity index (χ0n) is 15.8. The van der Waals surface area contributed by atoms with E-state index in [0.717, 1.165) is 11.1 Å². The van der Waals surface area contributed by atoms with Gasteiger partial charge in [0.25, 0.3) is 5.91 Å². The molecule has 1 N–H and O–H groups in total. The number of nitrogens with one attached hydrogen (secondary N) is 1. The zero-order chi connectivity index (χ0) is 19.6. The molecular formula is C22H21ClN3O. The highest BCUT2D eigenvalue weighted by Crippen LogP contribution is 2.26. The molecule has 1 radical (unpaired) electrons. The number of nitrogens with zero attached hydrogens (tertiary/aromatic N) is 2. The van der Waals surface area contributed by atoms with Gasteiger partial charge in [-0.25, -0.2) is 9.97 Å². The molecule has 0 unspecified atom stereocenters. The summed E-state index contributed by atoms with van der Waals surface area (Å²) in [6, 6.07) is 16.0. The summed E-state index contributed by atoms with van der Waals surface area (Å²) in [7, 11) is 0. The van der Waals surface area contributed by atoms with Gasteiger partial charge in [0.1, 0.15) is 5.82 Å². The van der Waals surface area contributed by atoms with E-state index in [2.05, 4.69) is 42.1 Å². The van der Waals surface area contributed by atoms with E-state index in [0.29, 0.717) is 27.8 Å². The van der Waals surface area contributed by atoms with Crippen LogP contribution in [0.4, 0.5) is 5.69 Å². The van der Waals surface area contributed by atoms with Crippen LogP contribution in [-0.4, -0.2) is 15.9 Å². The molecule has 0 aliphatic rings. The van der Waals surface area contributed by atoms with Crippen LogP contribution in [0.3, 0.4) is 0 Å². The molecule has 3 rings (SSSR count). The van der Waals surface area contributed by atoms with Gasteiger partial charge in [-0.05, 0) is 48.2 Å². The van der Waals surface area contributed by atoms with Crippen molar-refractivity contribution in [3.8, 4) is 11.3 Å². The summed E-state index contributed by atoms with van der Waals surface area (Å²) in [4.78, 5) is 21.6. The number of aromatic nitrogens is 2. The average Bonchev–Trinajstić information content (AvgIpc) is 2.61. The van der Waals surface area contributed by atoms with Crippen LogP contribution < -0.4 is 5.32 Å². The Hall–Kier alpha value is -2.72. The number of anilines is 1. The molecule has 5 heteroatoms. The predicted molar refractivity (Wildman–Crippen MR) is 109 cm³/mol. The smallest absolute Gasteiger partial charge is 0.259 e. The molecule has 0 spiro atoms. The van der Waals surface area contributed by atoms with Gasteiger partial charge in [0.15, 0.2) is 0 Å². The van der Waals surface area contributed by atoms with Crippen LogP contribution in [-0.2, 0) is 5.41 Å². The van der Waals surface area contributed by atoms with E-state index in [1.807, 2.05) is 30.3 Å². The van der Waals surface area contributed by atoms with Gasteiger partial charge >= 0.3 is 0 Å². The fourth-order valence-corrected chi connectivity index (χ4v) is 2.77. The highest BCUT2D eigenvalue weighted by atomic mass is 35.5. The summed E-state index contributed by atoms with van der Waals surface area (Å²) >= 11 is 5.98. The van der Waals surface area contributed by atoms with Crippen molar-refractivity contribution in [1.82, 2.24) is 9.97 Å². The van der Waals surface area contributed by atoms with Crippen molar-refractivity contribution in [3.05, 3.63) is 76.7 Å². The minimum atomic E-state index is -0.258. The van der Waals surface area contributed by atoms with Gasteiger partial charge in [-0.2, -0.15) is 0 Å². The number of rotatable bonds is 3. The molecule has 1 amide bonds. The van der Waals surface area contributed by atoms with Gasteiger partial charge in [-0.1, -0.05) is 50.6 Å². The third-order valence-corrected chi connectivity index (χ3v) is 4.39. The Morgan fingerprint density at radius 3 is 2.52 bits per heavy atom. The lowest BCUT2D eigenvalue weighted by Gasteiger charge is -2.19. The van der Waals surface area contributed by atoms with Gasteiger partial charge < -0.3 is 5.32 Å². The molecule has 3 aromatic rings. The highest BCUT2D eigenvalue weighted by molar-refractivity contribution is 6.30. The van der Waals surface area contributed by atoms with Crippen LogP contribution in [0.1, 0.15) is 42.5 Å².